The van der Waals surface area contributed by atoms with Gasteiger partial charge in [0.05, 0.1) is 12.0 Å². The third kappa shape index (κ3) is 4.08. The Hall–Kier alpha value is -3.37. The Labute approximate surface area is 173 Å². The Kier molecular flexibility index (Phi) is 5.19. The molecule has 1 aliphatic rings. The lowest BCUT2D eigenvalue weighted by atomic mass is 10.1. The van der Waals surface area contributed by atoms with Gasteiger partial charge in [0.25, 0.3) is 0 Å². The Morgan fingerprint density at radius 2 is 1.76 bits per heavy atom. The van der Waals surface area contributed by atoms with Crippen molar-refractivity contribution in [3.63, 3.8) is 0 Å². The maximum Gasteiger partial charge on any atom is 0.315 e. The average Bonchev–Trinajstić information content (AvgIpc) is 3.03. The summed E-state index contributed by atoms with van der Waals surface area (Å²) in [6.07, 6.45) is 1.83. The Morgan fingerprint density at radius 1 is 1.03 bits per heavy atom. The van der Waals surface area contributed by atoms with Crippen LogP contribution in [0.1, 0.15) is 27.0 Å². The summed E-state index contributed by atoms with van der Waals surface area (Å²) in [4.78, 5) is 24.9. The zero-order chi connectivity index (χ0) is 20.4. The van der Waals surface area contributed by atoms with Crippen molar-refractivity contribution in [2.45, 2.75) is 13.3 Å². The number of halogens is 1. The van der Waals surface area contributed by atoms with Crippen LogP contribution in [0.25, 0.3) is 6.08 Å². The summed E-state index contributed by atoms with van der Waals surface area (Å²) in [5.74, 6) is 0.435. The molecule has 0 unspecified atom stereocenters. The highest BCUT2D eigenvalue weighted by Gasteiger charge is 2.30. The molecule has 0 radical (unpaired) electrons. The molecule has 0 bridgehead atoms. The number of hydrogen-bond acceptors (Lipinski definition) is 4. The fraction of sp³-hybridized carbons (Fsp3) is 0.0833. The van der Waals surface area contributed by atoms with E-state index in [1.54, 1.807) is 49.4 Å². The second-order valence-corrected chi connectivity index (χ2v) is 7.13. The van der Waals surface area contributed by atoms with Gasteiger partial charge in [0.2, 0.25) is 5.78 Å². The lowest BCUT2D eigenvalue weighted by molar-refractivity contribution is -0.133. The minimum atomic E-state index is -0.375. The van der Waals surface area contributed by atoms with Gasteiger partial charge in [-0.3, -0.25) is 9.59 Å². The van der Waals surface area contributed by atoms with Gasteiger partial charge in [0.1, 0.15) is 11.5 Å². The SMILES string of the molecule is Cc1c(OC(=O)Cc2ccccc2)ccc2c1O/C(=C\c1ccc(Cl)cc1)C2=O. The highest BCUT2D eigenvalue weighted by Crippen LogP contribution is 2.39. The van der Waals surface area contributed by atoms with Crippen molar-refractivity contribution in [1.29, 1.82) is 0 Å². The lowest BCUT2D eigenvalue weighted by Crippen LogP contribution is -2.12. The second kappa shape index (κ2) is 7.94. The monoisotopic (exact) mass is 404 g/mol. The maximum atomic E-state index is 12.7. The summed E-state index contributed by atoms with van der Waals surface area (Å²) in [7, 11) is 0. The quantitative estimate of drug-likeness (QED) is 0.331. The topological polar surface area (TPSA) is 52.6 Å². The van der Waals surface area contributed by atoms with Gasteiger partial charge in [-0.1, -0.05) is 54.1 Å². The lowest BCUT2D eigenvalue weighted by Gasteiger charge is -2.10. The molecule has 1 heterocycles. The van der Waals surface area contributed by atoms with E-state index in [0.717, 1.165) is 11.1 Å². The summed E-state index contributed by atoms with van der Waals surface area (Å²) >= 11 is 5.90. The molecule has 0 fully saturated rings. The number of fused-ring (bicyclic) bond motifs is 1. The van der Waals surface area contributed by atoms with Crippen LogP contribution in [-0.2, 0) is 11.2 Å². The van der Waals surface area contributed by atoms with Gasteiger partial charge in [-0.25, -0.2) is 0 Å². The molecule has 5 heteroatoms. The normalized spacial score (nSPS) is 13.9. The van der Waals surface area contributed by atoms with Crippen molar-refractivity contribution in [2.24, 2.45) is 0 Å². The average molecular weight is 405 g/mol. The molecule has 0 aromatic heterocycles. The number of benzene rings is 3. The summed E-state index contributed by atoms with van der Waals surface area (Å²) in [5.41, 5.74) is 2.73. The third-order valence-corrected chi connectivity index (χ3v) is 4.87. The number of ether oxygens (including phenoxy) is 2. The van der Waals surface area contributed by atoms with E-state index < -0.39 is 0 Å². The van der Waals surface area contributed by atoms with Crippen LogP contribution < -0.4 is 9.47 Å². The Balaban J connectivity index is 1.55. The largest absolute Gasteiger partial charge is 0.452 e. The van der Waals surface area contributed by atoms with Gasteiger partial charge in [-0.2, -0.15) is 0 Å². The number of hydrogen-bond donors (Lipinski definition) is 0. The fourth-order valence-corrected chi connectivity index (χ4v) is 3.24. The molecule has 0 N–H and O–H groups in total. The van der Waals surface area contributed by atoms with Gasteiger partial charge in [0.15, 0.2) is 5.76 Å². The molecule has 0 amide bonds. The molecular weight excluding hydrogens is 388 g/mol. The van der Waals surface area contributed by atoms with Gasteiger partial charge >= 0.3 is 5.97 Å². The van der Waals surface area contributed by atoms with Crippen molar-refractivity contribution in [2.75, 3.05) is 0 Å². The molecular formula is C24H17ClO4. The first kappa shape index (κ1) is 19.0. The van der Waals surface area contributed by atoms with E-state index in [9.17, 15) is 9.59 Å². The van der Waals surface area contributed by atoms with E-state index in [0.29, 0.717) is 27.6 Å². The van der Waals surface area contributed by atoms with Crippen molar-refractivity contribution in [3.8, 4) is 11.5 Å². The molecule has 4 rings (SSSR count). The smallest absolute Gasteiger partial charge is 0.315 e. The predicted molar refractivity (Wildman–Crippen MR) is 111 cm³/mol. The van der Waals surface area contributed by atoms with Gasteiger partial charge in [-0.05, 0) is 48.4 Å². The first-order chi connectivity index (χ1) is 14.0. The van der Waals surface area contributed by atoms with Gasteiger partial charge < -0.3 is 9.47 Å². The number of rotatable bonds is 4. The predicted octanol–water partition coefficient (Wildman–Crippen LogP) is 5.41. The number of ketones is 1. The van der Waals surface area contributed by atoms with E-state index >= 15 is 0 Å². The fourth-order valence-electron chi connectivity index (χ4n) is 3.11. The van der Waals surface area contributed by atoms with Crippen LogP contribution in [0.15, 0.2) is 72.5 Å². The summed E-state index contributed by atoms with van der Waals surface area (Å²) in [6, 6.07) is 19.7. The molecule has 144 valence electrons. The number of esters is 1. The molecule has 3 aromatic carbocycles. The van der Waals surface area contributed by atoms with Crippen LogP contribution in [0.4, 0.5) is 0 Å². The molecule has 0 spiro atoms. The maximum absolute atomic E-state index is 12.7. The standard InChI is InChI=1S/C24H17ClO4/c1-15-20(28-22(26)14-16-5-3-2-4-6-16)12-11-19-23(27)21(29-24(15)19)13-17-7-9-18(25)10-8-17/h2-13H,14H2,1H3/b21-13-. The van der Waals surface area contributed by atoms with Crippen molar-refractivity contribution >= 4 is 29.4 Å². The Bertz CT molecular complexity index is 1120. The number of carbonyl (C=O) groups excluding carboxylic acids is 2. The molecule has 4 nitrogen and oxygen atoms in total. The minimum absolute atomic E-state index is 0.166. The van der Waals surface area contributed by atoms with E-state index in [1.165, 1.54) is 0 Å². The molecule has 0 aliphatic carbocycles. The van der Waals surface area contributed by atoms with E-state index in [1.807, 2.05) is 30.3 Å². The summed E-state index contributed by atoms with van der Waals surface area (Å²) in [5, 5.41) is 0.618. The van der Waals surface area contributed by atoms with E-state index in [4.69, 9.17) is 21.1 Å². The summed E-state index contributed by atoms with van der Waals surface area (Å²) < 4.78 is 11.3. The number of Topliss-reactive ketones (excluding diaryl/α,β-unsaturated/α-hetero) is 1. The number of carbonyl (C=O) groups is 2. The highest BCUT2D eigenvalue weighted by molar-refractivity contribution is 6.30. The zero-order valence-corrected chi connectivity index (χ0v) is 16.4. The first-order valence-electron chi connectivity index (χ1n) is 9.09. The first-order valence-corrected chi connectivity index (χ1v) is 9.47. The van der Waals surface area contributed by atoms with Crippen LogP contribution >= 0.6 is 11.6 Å². The van der Waals surface area contributed by atoms with E-state index in [-0.39, 0.29) is 23.9 Å². The molecule has 0 atom stereocenters. The molecule has 29 heavy (non-hydrogen) atoms. The van der Waals surface area contributed by atoms with Crippen molar-refractivity contribution < 1.29 is 19.1 Å². The Morgan fingerprint density at radius 3 is 2.48 bits per heavy atom. The molecule has 1 aliphatic heterocycles. The second-order valence-electron chi connectivity index (χ2n) is 6.69. The van der Waals surface area contributed by atoms with Crippen LogP contribution in [-0.4, -0.2) is 11.8 Å². The highest BCUT2D eigenvalue weighted by atomic mass is 35.5. The molecule has 0 saturated heterocycles. The molecule has 0 saturated carbocycles. The zero-order valence-electron chi connectivity index (χ0n) is 15.6. The minimum Gasteiger partial charge on any atom is -0.452 e. The van der Waals surface area contributed by atoms with Gasteiger partial charge in [-0.15, -0.1) is 0 Å². The van der Waals surface area contributed by atoms with Crippen molar-refractivity contribution in [3.05, 3.63) is 99.8 Å². The van der Waals surface area contributed by atoms with Crippen LogP contribution in [0, 0.1) is 6.92 Å². The van der Waals surface area contributed by atoms with Crippen molar-refractivity contribution in [1.82, 2.24) is 0 Å². The van der Waals surface area contributed by atoms with Crippen LogP contribution in [0.5, 0.6) is 11.5 Å². The summed E-state index contributed by atoms with van der Waals surface area (Å²) in [6.45, 7) is 1.77. The number of allylic oxidation sites excluding steroid dienone is 1. The van der Waals surface area contributed by atoms with E-state index in [2.05, 4.69) is 0 Å². The molecule has 3 aromatic rings. The van der Waals surface area contributed by atoms with Crippen LogP contribution in [0.2, 0.25) is 5.02 Å². The van der Waals surface area contributed by atoms with Crippen LogP contribution in [0.3, 0.4) is 0 Å². The van der Waals surface area contributed by atoms with Gasteiger partial charge in [0, 0.05) is 10.6 Å². The third-order valence-electron chi connectivity index (χ3n) is 4.62.